The third-order valence-corrected chi connectivity index (χ3v) is 0. The SMILES string of the molecule is OB(O)O.[AlH3].[Ni]. The van der Waals surface area contributed by atoms with Gasteiger partial charge in [-0.15, -0.1) is 0 Å². The third kappa shape index (κ3) is 83.1. The largest absolute Gasteiger partial charge is 0.631 e. The van der Waals surface area contributed by atoms with Crippen molar-refractivity contribution in [2.24, 2.45) is 0 Å². The zero-order chi connectivity index (χ0) is 3.58. The molecule has 6 heavy (non-hydrogen) atoms. The molecule has 0 aromatic heterocycles. The Labute approximate surface area is 56.6 Å². The predicted molar refractivity (Wildman–Crippen MR) is 22.3 cm³/mol. The zero-order valence-corrected chi connectivity index (χ0v) is 3.22. The first-order valence-electron chi connectivity index (χ1n) is 0.775. The first kappa shape index (κ1) is 15.8. The molecule has 0 atom stereocenters. The van der Waals surface area contributed by atoms with Crippen molar-refractivity contribution in [1.29, 1.82) is 0 Å². The van der Waals surface area contributed by atoms with Crippen LogP contribution in [0.2, 0.25) is 0 Å². The van der Waals surface area contributed by atoms with Gasteiger partial charge in [0.1, 0.15) is 0 Å². The van der Waals surface area contributed by atoms with Crippen LogP contribution in [0.15, 0.2) is 0 Å². The molecule has 0 rings (SSSR count). The molecule has 40 valence electrons. The predicted octanol–water partition coefficient (Wildman–Crippen LogP) is -3.24. The molecule has 0 fully saturated rings. The average Bonchev–Trinajstić information content (AvgIpc) is 0.811. The fourth-order valence-corrected chi connectivity index (χ4v) is 0. The van der Waals surface area contributed by atoms with E-state index in [9.17, 15) is 0 Å². The van der Waals surface area contributed by atoms with E-state index in [-0.39, 0.29) is 33.9 Å². The van der Waals surface area contributed by atoms with E-state index >= 15 is 0 Å². The Bertz CT molecular complexity index is 15.5. The van der Waals surface area contributed by atoms with Crippen molar-refractivity contribution < 1.29 is 31.6 Å². The molecule has 0 amide bonds. The molecule has 0 saturated heterocycles. The van der Waals surface area contributed by atoms with E-state index in [1.54, 1.807) is 0 Å². The molecule has 0 spiro atoms. The molecule has 0 aliphatic rings. The summed E-state index contributed by atoms with van der Waals surface area (Å²) in [5.74, 6) is 0. The van der Waals surface area contributed by atoms with Gasteiger partial charge in [0.2, 0.25) is 0 Å². The van der Waals surface area contributed by atoms with Crippen LogP contribution < -0.4 is 0 Å². The second-order valence-electron chi connectivity index (χ2n) is 0.346. The van der Waals surface area contributed by atoms with Crippen LogP contribution in [0.1, 0.15) is 0 Å². The number of hydrogen-bond donors (Lipinski definition) is 3. The molecule has 0 unspecified atom stereocenters. The van der Waals surface area contributed by atoms with Gasteiger partial charge in [0.25, 0.3) is 0 Å². The third-order valence-electron chi connectivity index (χ3n) is 0. The summed E-state index contributed by atoms with van der Waals surface area (Å²) in [6.07, 6.45) is 0. The standard InChI is InChI=1S/Al.BH3O3.Ni.3H/c;2-1(3)4;;;;/h;2-4H;;;;. The average molecular weight is 151 g/mol. The van der Waals surface area contributed by atoms with E-state index in [4.69, 9.17) is 15.1 Å². The Kier molecular flexibility index (Phi) is 24.6. The zero-order valence-electron chi connectivity index (χ0n) is 2.24. The van der Waals surface area contributed by atoms with E-state index in [0.717, 1.165) is 0 Å². The maximum atomic E-state index is 7.17. The molecule has 0 aromatic carbocycles. The molecule has 0 aliphatic carbocycles. The molecule has 6 heteroatoms. The van der Waals surface area contributed by atoms with Crippen LogP contribution in [0, 0.1) is 0 Å². The van der Waals surface area contributed by atoms with Crippen LogP contribution >= 0.6 is 0 Å². The molecular formula is H6AlBNiO3. The minimum atomic E-state index is -2.17. The van der Waals surface area contributed by atoms with Gasteiger partial charge in [-0.3, -0.25) is 0 Å². The van der Waals surface area contributed by atoms with Crippen LogP contribution in [-0.2, 0) is 16.5 Å². The molecule has 0 saturated carbocycles. The van der Waals surface area contributed by atoms with Crippen molar-refractivity contribution in [1.82, 2.24) is 0 Å². The quantitative estimate of drug-likeness (QED) is 0.318. The molecule has 0 aromatic rings. The van der Waals surface area contributed by atoms with E-state index < -0.39 is 7.32 Å². The van der Waals surface area contributed by atoms with Gasteiger partial charge in [-0.05, 0) is 0 Å². The summed E-state index contributed by atoms with van der Waals surface area (Å²) in [5, 5.41) is 21.5. The van der Waals surface area contributed by atoms with Crippen molar-refractivity contribution >= 4 is 24.7 Å². The minimum absolute atomic E-state index is 0. The van der Waals surface area contributed by atoms with Crippen molar-refractivity contribution in [3.05, 3.63) is 0 Å². The van der Waals surface area contributed by atoms with Gasteiger partial charge in [-0.25, -0.2) is 0 Å². The minimum Gasteiger partial charge on any atom is -0.402 e. The fourth-order valence-electron chi connectivity index (χ4n) is 0. The van der Waals surface area contributed by atoms with Crippen molar-refractivity contribution in [2.75, 3.05) is 0 Å². The normalized spacial score (nSPS) is 4.50. The second-order valence-corrected chi connectivity index (χ2v) is 0.346. The number of hydrogen-bond acceptors (Lipinski definition) is 3. The summed E-state index contributed by atoms with van der Waals surface area (Å²) in [7, 11) is -2.17. The summed E-state index contributed by atoms with van der Waals surface area (Å²) in [6.45, 7) is 0. The summed E-state index contributed by atoms with van der Waals surface area (Å²) in [5.41, 5.74) is 0. The Balaban J connectivity index is -0.0000000450. The van der Waals surface area contributed by atoms with Crippen molar-refractivity contribution in [3.63, 3.8) is 0 Å². The topological polar surface area (TPSA) is 60.7 Å². The van der Waals surface area contributed by atoms with Crippen molar-refractivity contribution in [2.45, 2.75) is 0 Å². The molecule has 0 radical (unpaired) electrons. The van der Waals surface area contributed by atoms with E-state index in [1.165, 1.54) is 0 Å². The van der Waals surface area contributed by atoms with Gasteiger partial charge in [-0.1, -0.05) is 0 Å². The molecule has 0 heterocycles. The van der Waals surface area contributed by atoms with Gasteiger partial charge < -0.3 is 15.1 Å². The van der Waals surface area contributed by atoms with E-state index in [1.807, 2.05) is 0 Å². The molecule has 3 nitrogen and oxygen atoms in total. The van der Waals surface area contributed by atoms with Crippen LogP contribution in [0.3, 0.4) is 0 Å². The van der Waals surface area contributed by atoms with Gasteiger partial charge in [0.05, 0.1) is 0 Å². The van der Waals surface area contributed by atoms with Crippen molar-refractivity contribution in [3.8, 4) is 0 Å². The first-order chi connectivity index (χ1) is 1.73. The maximum Gasteiger partial charge on any atom is 0.631 e. The van der Waals surface area contributed by atoms with Gasteiger partial charge in [-0.2, -0.15) is 0 Å². The molecule has 0 aliphatic heterocycles. The Morgan fingerprint density at radius 1 is 1.00 bits per heavy atom. The van der Waals surface area contributed by atoms with E-state index in [0.29, 0.717) is 0 Å². The van der Waals surface area contributed by atoms with Crippen LogP contribution in [0.4, 0.5) is 0 Å². The monoisotopic (exact) mass is 150 g/mol. The summed E-state index contributed by atoms with van der Waals surface area (Å²) in [4.78, 5) is 0. The van der Waals surface area contributed by atoms with Gasteiger partial charge in [0.15, 0.2) is 17.4 Å². The Morgan fingerprint density at radius 3 is 1.00 bits per heavy atom. The van der Waals surface area contributed by atoms with E-state index in [2.05, 4.69) is 0 Å². The van der Waals surface area contributed by atoms with Gasteiger partial charge >= 0.3 is 7.32 Å². The first-order valence-corrected chi connectivity index (χ1v) is 0.775. The molecule has 0 bridgehead atoms. The maximum absolute atomic E-state index is 7.17. The molecule has 3 N–H and O–H groups in total. The smallest absolute Gasteiger partial charge is 0.402 e. The Morgan fingerprint density at radius 2 is 1.00 bits per heavy atom. The Hall–Kier alpha value is 0.971. The summed E-state index contributed by atoms with van der Waals surface area (Å²) in [6, 6.07) is 0. The fraction of sp³-hybridized carbons (Fsp3) is 0. The summed E-state index contributed by atoms with van der Waals surface area (Å²) >= 11 is 0. The number of rotatable bonds is 0. The van der Waals surface area contributed by atoms with Gasteiger partial charge in [0, 0.05) is 16.5 Å². The molecular weight excluding hydrogens is 144 g/mol. The van der Waals surface area contributed by atoms with Crippen LogP contribution in [0.25, 0.3) is 0 Å². The van der Waals surface area contributed by atoms with Crippen LogP contribution in [0.5, 0.6) is 0 Å². The second kappa shape index (κ2) is 9.36. The summed E-state index contributed by atoms with van der Waals surface area (Å²) < 4.78 is 0. The van der Waals surface area contributed by atoms with Crippen LogP contribution in [-0.4, -0.2) is 39.8 Å².